The summed E-state index contributed by atoms with van der Waals surface area (Å²) < 4.78 is 13.6. The molecule has 1 saturated heterocycles. The molecule has 44 heavy (non-hydrogen) atoms. The maximum atomic E-state index is 13.0. The largest absolute Gasteiger partial charge is 0.457 e. The van der Waals surface area contributed by atoms with Crippen molar-refractivity contribution in [3.8, 4) is 22.8 Å². The van der Waals surface area contributed by atoms with Crippen LogP contribution in [0.4, 0.5) is 5.82 Å². The molecule has 1 amide bonds. The van der Waals surface area contributed by atoms with Crippen LogP contribution in [0.5, 0.6) is 11.5 Å². The van der Waals surface area contributed by atoms with E-state index in [1.165, 1.54) is 25.6 Å². The lowest BCUT2D eigenvalue weighted by molar-refractivity contribution is -0.127. The van der Waals surface area contributed by atoms with Crippen LogP contribution < -0.4 is 16.2 Å². The number of likely N-dealkylation sites (tertiary alicyclic amines) is 1. The molecule has 2 aromatic carbocycles. The molecule has 10 heteroatoms. The van der Waals surface area contributed by atoms with E-state index in [2.05, 4.69) is 9.97 Å². The highest BCUT2D eigenvalue weighted by Crippen LogP contribution is 2.35. The number of fused-ring (bicyclic) bond motifs is 1. The van der Waals surface area contributed by atoms with Crippen molar-refractivity contribution >= 4 is 22.8 Å². The number of carbonyl (C=O) groups is 1. The molecule has 10 nitrogen and oxygen atoms in total. The number of hydrogen-bond acceptors (Lipinski definition) is 8. The average Bonchev–Trinajstić information content (AvgIpc) is 3.45. The number of nitrogens with two attached hydrogens (primary N) is 2. The highest BCUT2D eigenvalue weighted by Gasteiger charge is 2.28. The van der Waals surface area contributed by atoms with Crippen molar-refractivity contribution < 1.29 is 14.3 Å². The minimum Gasteiger partial charge on any atom is -0.457 e. The van der Waals surface area contributed by atoms with Gasteiger partial charge in [0.25, 0.3) is 0 Å². The Balaban J connectivity index is 1.20. The van der Waals surface area contributed by atoms with Crippen molar-refractivity contribution in [1.29, 1.82) is 0 Å². The fourth-order valence-corrected chi connectivity index (χ4v) is 5.57. The summed E-state index contributed by atoms with van der Waals surface area (Å²) in [7, 11) is 0. The highest BCUT2D eigenvalue weighted by molar-refractivity contribution is 5.98. The van der Waals surface area contributed by atoms with Crippen LogP contribution in [0.1, 0.15) is 57.4 Å². The lowest BCUT2D eigenvalue weighted by Crippen LogP contribution is -2.40. The first kappa shape index (κ1) is 31.2. The molecule has 1 aliphatic rings. The smallest absolute Gasteiger partial charge is 0.246 e. The van der Waals surface area contributed by atoms with Gasteiger partial charge in [0.05, 0.1) is 18.0 Å². The molecule has 1 atom stereocenters. The minimum absolute atomic E-state index is 0.0157. The molecule has 0 aliphatic carbocycles. The second kappa shape index (κ2) is 16.0. The average molecular weight is 598 g/mol. The predicted octanol–water partition coefficient (Wildman–Crippen LogP) is 5.90. The number of hydrogen-bond donors (Lipinski definition) is 2. The molecule has 0 spiro atoms. The summed E-state index contributed by atoms with van der Waals surface area (Å²) in [6.07, 6.45) is 13.6. The van der Waals surface area contributed by atoms with E-state index in [0.29, 0.717) is 48.8 Å². The third-order valence-electron chi connectivity index (χ3n) is 7.90. The molecule has 4 N–H and O–H groups in total. The van der Waals surface area contributed by atoms with Gasteiger partial charge in [-0.1, -0.05) is 50.0 Å². The van der Waals surface area contributed by atoms with Gasteiger partial charge in [0.15, 0.2) is 5.65 Å². The minimum atomic E-state index is -0.0339. The van der Waals surface area contributed by atoms with Crippen molar-refractivity contribution in [1.82, 2.24) is 24.6 Å². The Kier molecular flexibility index (Phi) is 11.3. The Morgan fingerprint density at radius 2 is 1.70 bits per heavy atom. The van der Waals surface area contributed by atoms with E-state index in [0.717, 1.165) is 55.7 Å². The van der Waals surface area contributed by atoms with Crippen LogP contribution in [0.3, 0.4) is 0 Å². The van der Waals surface area contributed by atoms with Gasteiger partial charge in [-0.3, -0.25) is 4.79 Å². The van der Waals surface area contributed by atoms with Gasteiger partial charge in [0, 0.05) is 31.3 Å². The van der Waals surface area contributed by atoms with Crippen molar-refractivity contribution in [2.75, 3.05) is 38.6 Å². The number of ether oxygens (including phenoxy) is 2. The molecule has 4 aromatic rings. The summed E-state index contributed by atoms with van der Waals surface area (Å²) in [6.45, 7) is 3.17. The molecule has 232 valence electrons. The Morgan fingerprint density at radius 3 is 2.50 bits per heavy atom. The third kappa shape index (κ3) is 8.21. The Hall–Kier alpha value is -4.28. The van der Waals surface area contributed by atoms with Gasteiger partial charge in [-0.2, -0.15) is 5.10 Å². The first-order valence-corrected chi connectivity index (χ1v) is 15.7. The molecule has 0 unspecified atom stereocenters. The van der Waals surface area contributed by atoms with Gasteiger partial charge >= 0.3 is 0 Å². The van der Waals surface area contributed by atoms with Gasteiger partial charge in [-0.15, -0.1) is 0 Å². The summed E-state index contributed by atoms with van der Waals surface area (Å²) in [4.78, 5) is 23.7. The number of aromatic nitrogens is 4. The molecule has 0 saturated carbocycles. The maximum Gasteiger partial charge on any atom is 0.246 e. The fourth-order valence-electron chi connectivity index (χ4n) is 5.57. The van der Waals surface area contributed by atoms with E-state index in [9.17, 15) is 4.79 Å². The van der Waals surface area contributed by atoms with Crippen LogP contribution in [-0.2, 0) is 9.53 Å². The van der Waals surface area contributed by atoms with E-state index < -0.39 is 0 Å². The number of benzene rings is 2. The second-order valence-electron chi connectivity index (χ2n) is 11.2. The van der Waals surface area contributed by atoms with E-state index in [1.54, 1.807) is 6.08 Å². The lowest BCUT2D eigenvalue weighted by Gasteiger charge is -2.32. The first-order chi connectivity index (χ1) is 21.6. The molecule has 1 fully saturated rings. The van der Waals surface area contributed by atoms with Crippen molar-refractivity contribution in [3.63, 3.8) is 0 Å². The summed E-state index contributed by atoms with van der Waals surface area (Å²) in [5.41, 5.74) is 14.2. The number of rotatable bonds is 15. The standard InChI is InChI=1S/C34H43N7O3/c35-20-8-3-1-2-4-9-22-43-23-11-15-30(42)40-21-10-12-27(24-40)41-34-31(33(36)37-25-38-34)32(39-41)26-16-18-29(19-17-26)44-28-13-6-5-7-14-28/h5-7,11,13-19,25,27H,1-4,8-10,12,20-24,35H2,(H2,36,37,38)/b15-11+/t27-/m1/s1. The summed E-state index contributed by atoms with van der Waals surface area (Å²) in [5, 5.41) is 5.70. The van der Waals surface area contributed by atoms with Crippen molar-refractivity contribution in [3.05, 3.63) is 73.1 Å². The molecular formula is C34H43N7O3. The normalized spacial score (nSPS) is 15.3. The Labute approximate surface area is 259 Å². The zero-order valence-electron chi connectivity index (χ0n) is 25.3. The number of piperidine rings is 1. The zero-order valence-corrected chi connectivity index (χ0v) is 25.3. The van der Waals surface area contributed by atoms with Gasteiger partial charge in [-0.25, -0.2) is 14.6 Å². The molecule has 0 bridgehead atoms. The van der Waals surface area contributed by atoms with E-state index in [4.69, 9.17) is 26.0 Å². The van der Waals surface area contributed by atoms with E-state index >= 15 is 0 Å². The zero-order chi connectivity index (χ0) is 30.6. The maximum absolute atomic E-state index is 13.0. The van der Waals surface area contributed by atoms with Crippen LogP contribution in [0, 0.1) is 0 Å². The number of carbonyl (C=O) groups excluding carboxylic acids is 1. The van der Waals surface area contributed by atoms with Crippen LogP contribution >= 0.6 is 0 Å². The molecule has 2 aromatic heterocycles. The van der Waals surface area contributed by atoms with Crippen LogP contribution in [-0.4, -0.2) is 63.4 Å². The number of nitrogens with zero attached hydrogens (tertiary/aromatic N) is 5. The monoisotopic (exact) mass is 597 g/mol. The molecule has 3 heterocycles. The van der Waals surface area contributed by atoms with Crippen molar-refractivity contribution in [2.45, 2.75) is 57.4 Å². The topological polar surface area (TPSA) is 134 Å². The van der Waals surface area contributed by atoms with Gasteiger partial charge < -0.3 is 25.8 Å². The van der Waals surface area contributed by atoms with Crippen molar-refractivity contribution in [2.24, 2.45) is 5.73 Å². The van der Waals surface area contributed by atoms with Crippen LogP contribution in [0.2, 0.25) is 0 Å². The quantitative estimate of drug-likeness (QED) is 0.128. The van der Waals surface area contributed by atoms with Gasteiger partial charge in [0.1, 0.15) is 29.3 Å². The Bertz CT molecular complexity index is 1500. The summed E-state index contributed by atoms with van der Waals surface area (Å²) >= 11 is 0. The number of para-hydroxylation sites is 1. The van der Waals surface area contributed by atoms with Crippen LogP contribution in [0.15, 0.2) is 73.1 Å². The number of anilines is 1. The number of unbranched alkanes of at least 4 members (excludes halogenated alkanes) is 5. The van der Waals surface area contributed by atoms with Crippen LogP contribution in [0.25, 0.3) is 22.3 Å². The fraction of sp³-hybridized carbons (Fsp3) is 0.412. The molecule has 1 aliphatic heterocycles. The Morgan fingerprint density at radius 1 is 0.955 bits per heavy atom. The molecule has 5 rings (SSSR count). The second-order valence-corrected chi connectivity index (χ2v) is 11.2. The van der Waals surface area contributed by atoms with Gasteiger partial charge in [-0.05, 0) is 68.6 Å². The summed E-state index contributed by atoms with van der Waals surface area (Å²) in [5.74, 6) is 1.85. The molecule has 0 radical (unpaired) electrons. The highest BCUT2D eigenvalue weighted by atomic mass is 16.5. The predicted molar refractivity (Wildman–Crippen MR) is 173 cm³/mol. The first-order valence-electron chi connectivity index (χ1n) is 15.7. The third-order valence-corrected chi connectivity index (χ3v) is 7.90. The van der Waals surface area contributed by atoms with E-state index in [1.807, 2.05) is 70.3 Å². The SMILES string of the molecule is NCCCCCCCCOC/C=C/C(=O)N1CCC[C@@H](n2nc(-c3ccc(Oc4ccccc4)cc3)c3c(N)ncnc32)C1. The van der Waals surface area contributed by atoms with Gasteiger partial charge in [0.2, 0.25) is 5.91 Å². The number of nitrogen functional groups attached to an aromatic ring is 1. The number of amides is 1. The lowest BCUT2D eigenvalue weighted by atomic mass is 10.1. The van der Waals surface area contributed by atoms with E-state index in [-0.39, 0.29) is 11.9 Å². The molecular weight excluding hydrogens is 554 g/mol. The summed E-state index contributed by atoms with van der Waals surface area (Å²) in [6, 6.07) is 17.4.